The quantitative estimate of drug-likeness (QED) is 0.718. The van der Waals surface area contributed by atoms with Crippen molar-refractivity contribution in [2.75, 3.05) is 18.4 Å². The Morgan fingerprint density at radius 2 is 2.31 bits per heavy atom. The molecule has 0 radical (unpaired) electrons. The van der Waals surface area contributed by atoms with Crippen LogP contribution in [0.1, 0.15) is 0 Å². The van der Waals surface area contributed by atoms with E-state index in [2.05, 4.69) is 15.6 Å². The van der Waals surface area contributed by atoms with Crippen LogP contribution in [0.5, 0.6) is 0 Å². The zero-order chi connectivity index (χ0) is 11.1. The summed E-state index contributed by atoms with van der Waals surface area (Å²) in [7, 11) is 0. The van der Waals surface area contributed by atoms with Crippen LogP contribution in [0.4, 0.5) is 11.4 Å². The van der Waals surface area contributed by atoms with Crippen LogP contribution in [0.3, 0.4) is 0 Å². The number of carbonyl (C=O) groups is 1. The molecule has 1 aromatic rings. The van der Waals surface area contributed by atoms with Gasteiger partial charge in [0.15, 0.2) is 0 Å². The maximum Gasteiger partial charge on any atom is 0.234 e. The lowest BCUT2D eigenvalue weighted by Gasteiger charge is -2.07. The van der Waals surface area contributed by atoms with Gasteiger partial charge in [-0.25, -0.2) is 0 Å². The number of carbonyl (C=O) groups excluding carboxylic acids is 1. The summed E-state index contributed by atoms with van der Waals surface area (Å²) in [6, 6.07) is 5.30. The average Bonchev–Trinajstić information content (AvgIpc) is 2.65. The highest BCUT2D eigenvalue weighted by Crippen LogP contribution is 2.32. The van der Waals surface area contributed by atoms with Gasteiger partial charge in [0.05, 0.1) is 17.3 Å². The zero-order valence-corrected chi connectivity index (χ0v) is 9.21. The molecule has 1 fully saturated rings. The summed E-state index contributed by atoms with van der Waals surface area (Å²) in [5.41, 5.74) is 2.36. The smallest absolute Gasteiger partial charge is 0.234 e. The minimum absolute atomic E-state index is 0.00447. The van der Waals surface area contributed by atoms with Crippen molar-refractivity contribution in [2.24, 2.45) is 10.9 Å². The van der Waals surface area contributed by atoms with Crippen molar-refractivity contribution >= 4 is 34.6 Å². The van der Waals surface area contributed by atoms with E-state index in [-0.39, 0.29) is 11.8 Å². The van der Waals surface area contributed by atoms with Crippen LogP contribution < -0.4 is 10.6 Å². The van der Waals surface area contributed by atoms with Crippen LogP contribution >= 0.6 is 11.6 Å². The number of aliphatic imine (C=N–C) groups is 1. The van der Waals surface area contributed by atoms with Crippen LogP contribution in [0.15, 0.2) is 23.2 Å². The molecule has 82 valence electrons. The van der Waals surface area contributed by atoms with E-state index < -0.39 is 0 Å². The van der Waals surface area contributed by atoms with Crippen molar-refractivity contribution in [3.8, 4) is 0 Å². The number of rotatable bonds is 0. The topological polar surface area (TPSA) is 53.5 Å². The number of amides is 1. The minimum atomic E-state index is -0.147. The van der Waals surface area contributed by atoms with Crippen LogP contribution in [-0.4, -0.2) is 24.7 Å². The van der Waals surface area contributed by atoms with E-state index in [0.717, 1.165) is 17.1 Å². The number of fused-ring (bicyclic) bond motifs is 2. The molecule has 0 spiro atoms. The summed E-state index contributed by atoms with van der Waals surface area (Å²) in [6.07, 6.45) is 0. The van der Waals surface area contributed by atoms with Crippen molar-refractivity contribution in [2.45, 2.75) is 0 Å². The fourth-order valence-corrected chi connectivity index (χ4v) is 2.19. The molecule has 5 heteroatoms. The highest BCUT2D eigenvalue weighted by Gasteiger charge is 2.31. The third-order valence-electron chi connectivity index (χ3n) is 2.86. The van der Waals surface area contributed by atoms with Crippen molar-refractivity contribution in [1.82, 2.24) is 5.32 Å². The van der Waals surface area contributed by atoms with Crippen LogP contribution in [0, 0.1) is 5.92 Å². The molecule has 0 bridgehead atoms. The summed E-state index contributed by atoms with van der Waals surface area (Å²) in [5.74, 6) is -0.143. The van der Waals surface area contributed by atoms with Crippen molar-refractivity contribution in [3.63, 3.8) is 0 Å². The van der Waals surface area contributed by atoms with Gasteiger partial charge in [0, 0.05) is 23.8 Å². The first kappa shape index (κ1) is 9.81. The molecule has 2 N–H and O–H groups in total. The third-order valence-corrected chi connectivity index (χ3v) is 3.09. The molecule has 0 saturated carbocycles. The molecule has 1 amide bonds. The van der Waals surface area contributed by atoms with Gasteiger partial charge in [-0.05, 0) is 18.2 Å². The molecule has 1 atom stereocenters. The lowest BCUT2D eigenvalue weighted by atomic mass is 10.1. The van der Waals surface area contributed by atoms with Crippen LogP contribution in [0.25, 0.3) is 0 Å². The molecule has 2 heterocycles. The minimum Gasteiger partial charge on any atom is -0.324 e. The summed E-state index contributed by atoms with van der Waals surface area (Å²) >= 11 is 5.91. The fourth-order valence-electron chi connectivity index (χ4n) is 2.02. The molecule has 1 aromatic carbocycles. The Kier molecular flexibility index (Phi) is 2.19. The second kappa shape index (κ2) is 3.57. The van der Waals surface area contributed by atoms with Crippen molar-refractivity contribution in [3.05, 3.63) is 23.2 Å². The molecule has 16 heavy (non-hydrogen) atoms. The highest BCUT2D eigenvalue weighted by molar-refractivity contribution is 6.31. The van der Waals surface area contributed by atoms with Crippen LogP contribution in [0.2, 0.25) is 5.02 Å². The molecule has 2 aliphatic rings. The predicted molar refractivity (Wildman–Crippen MR) is 63.5 cm³/mol. The van der Waals surface area contributed by atoms with Crippen molar-refractivity contribution < 1.29 is 4.79 Å². The van der Waals surface area contributed by atoms with E-state index >= 15 is 0 Å². The third kappa shape index (κ3) is 1.50. The normalized spacial score (nSPS) is 22.9. The molecule has 1 saturated heterocycles. The first-order valence-corrected chi connectivity index (χ1v) is 5.50. The van der Waals surface area contributed by atoms with Gasteiger partial charge >= 0.3 is 0 Å². The van der Waals surface area contributed by atoms with Crippen molar-refractivity contribution in [1.29, 1.82) is 0 Å². The Morgan fingerprint density at radius 3 is 3.19 bits per heavy atom. The monoisotopic (exact) mass is 235 g/mol. The first-order chi connectivity index (χ1) is 7.74. The van der Waals surface area contributed by atoms with Gasteiger partial charge in [-0.2, -0.15) is 0 Å². The fraction of sp³-hybridized carbons (Fsp3) is 0.273. The number of nitrogens with zero attached hydrogens (tertiary/aromatic N) is 1. The van der Waals surface area contributed by atoms with Gasteiger partial charge in [-0.15, -0.1) is 0 Å². The Balaban J connectivity index is 2.14. The van der Waals surface area contributed by atoms with E-state index in [1.165, 1.54) is 0 Å². The van der Waals surface area contributed by atoms with E-state index in [1.807, 2.05) is 0 Å². The van der Waals surface area contributed by atoms with Gasteiger partial charge in [0.1, 0.15) is 0 Å². The number of halogens is 1. The van der Waals surface area contributed by atoms with E-state index in [4.69, 9.17) is 11.6 Å². The number of anilines is 1. The van der Waals surface area contributed by atoms with Crippen LogP contribution in [-0.2, 0) is 4.79 Å². The van der Waals surface area contributed by atoms with Gasteiger partial charge in [-0.3, -0.25) is 9.79 Å². The largest absolute Gasteiger partial charge is 0.324 e. The maximum absolute atomic E-state index is 11.9. The van der Waals surface area contributed by atoms with Gasteiger partial charge in [-0.1, -0.05) is 11.6 Å². The highest BCUT2D eigenvalue weighted by atomic mass is 35.5. The van der Waals surface area contributed by atoms with Gasteiger partial charge < -0.3 is 10.6 Å². The standard InChI is InChI=1S/C11H10ClN3O/c12-6-1-2-8-9(3-6)14-10-5-13-4-7(10)11(16)15-8/h1-3,7,13H,4-5H2,(H,15,16). The van der Waals surface area contributed by atoms with E-state index in [0.29, 0.717) is 18.1 Å². The number of nitrogens with one attached hydrogen (secondary N) is 2. The maximum atomic E-state index is 11.9. The molecule has 0 aromatic heterocycles. The summed E-state index contributed by atoms with van der Waals surface area (Å²) in [5, 5.41) is 6.64. The second-order valence-corrected chi connectivity index (χ2v) is 4.37. The number of hydrogen-bond donors (Lipinski definition) is 2. The summed E-state index contributed by atoms with van der Waals surface area (Å²) < 4.78 is 0. The van der Waals surface area contributed by atoms with Gasteiger partial charge in [0.25, 0.3) is 0 Å². The van der Waals surface area contributed by atoms with Gasteiger partial charge in [0.2, 0.25) is 5.91 Å². The molecule has 3 rings (SSSR count). The Hall–Kier alpha value is -1.39. The number of benzene rings is 1. The molecular formula is C11H10ClN3O. The number of hydrogen-bond acceptors (Lipinski definition) is 3. The average molecular weight is 236 g/mol. The lowest BCUT2D eigenvalue weighted by molar-refractivity contribution is -0.117. The Morgan fingerprint density at radius 1 is 1.44 bits per heavy atom. The summed E-state index contributed by atoms with van der Waals surface area (Å²) in [6.45, 7) is 1.33. The second-order valence-electron chi connectivity index (χ2n) is 3.94. The molecule has 0 aliphatic carbocycles. The lowest BCUT2D eigenvalue weighted by Crippen LogP contribution is -2.27. The summed E-state index contributed by atoms with van der Waals surface area (Å²) in [4.78, 5) is 16.4. The Bertz CT molecular complexity index is 498. The first-order valence-electron chi connectivity index (χ1n) is 5.12. The molecule has 1 unspecified atom stereocenters. The SMILES string of the molecule is O=C1Nc2ccc(Cl)cc2N=C2CNCC12. The van der Waals surface area contributed by atoms with E-state index in [9.17, 15) is 4.79 Å². The molecule has 2 aliphatic heterocycles. The predicted octanol–water partition coefficient (Wildman–Crippen LogP) is 1.58. The molecule has 4 nitrogen and oxygen atoms in total. The van der Waals surface area contributed by atoms with E-state index in [1.54, 1.807) is 18.2 Å². The molecular weight excluding hydrogens is 226 g/mol. The Labute approximate surface area is 97.7 Å². The zero-order valence-electron chi connectivity index (χ0n) is 8.46.